The minimum atomic E-state index is -0.350. The third kappa shape index (κ3) is 4.43. The molecule has 0 radical (unpaired) electrons. The van der Waals surface area contributed by atoms with Gasteiger partial charge in [0.15, 0.2) is 0 Å². The highest BCUT2D eigenvalue weighted by atomic mass is 35.5. The second-order valence-electron chi connectivity index (χ2n) is 4.96. The summed E-state index contributed by atoms with van der Waals surface area (Å²) in [5.74, 6) is -0.350. The van der Waals surface area contributed by atoms with E-state index in [9.17, 15) is 4.79 Å². The Morgan fingerprint density at radius 3 is 2.36 bits per heavy atom. The van der Waals surface area contributed by atoms with Gasteiger partial charge < -0.3 is 0 Å². The topological polar surface area (TPSA) is 54.9 Å². The van der Waals surface area contributed by atoms with Crippen molar-refractivity contribution in [1.29, 1.82) is 0 Å². The number of hydrogen-bond acceptors (Lipinski definition) is 4. The molecule has 25 heavy (non-hydrogen) atoms. The van der Waals surface area contributed by atoms with Crippen LogP contribution in [0.3, 0.4) is 0 Å². The summed E-state index contributed by atoms with van der Waals surface area (Å²) in [5.41, 5.74) is 1.14. The molecule has 0 aliphatic carbocycles. The molecule has 1 aromatic heterocycles. The molecule has 0 atom stereocenters. The van der Waals surface area contributed by atoms with Gasteiger partial charge in [0.25, 0.3) is 5.91 Å². The van der Waals surface area contributed by atoms with Crippen molar-refractivity contribution in [2.75, 3.05) is 5.32 Å². The van der Waals surface area contributed by atoms with E-state index in [4.69, 9.17) is 46.4 Å². The Balaban J connectivity index is 1.73. The minimum absolute atomic E-state index is 0.306. The molecule has 1 amide bonds. The highest BCUT2D eigenvalue weighted by Gasteiger charge is 2.14. The first-order chi connectivity index (χ1) is 11.9. The second-order valence-corrected chi connectivity index (χ2v) is 7.65. The number of carbonyl (C=O) groups is 1. The van der Waals surface area contributed by atoms with Crippen LogP contribution >= 0.6 is 57.7 Å². The number of nitrogens with one attached hydrogen (secondary N) is 1. The lowest BCUT2D eigenvalue weighted by atomic mass is 10.1. The number of amides is 1. The van der Waals surface area contributed by atoms with E-state index in [0.29, 0.717) is 42.2 Å². The Morgan fingerprint density at radius 1 is 0.960 bits per heavy atom. The van der Waals surface area contributed by atoms with Crippen molar-refractivity contribution in [3.05, 3.63) is 72.6 Å². The zero-order valence-electron chi connectivity index (χ0n) is 12.4. The number of halogens is 4. The summed E-state index contributed by atoms with van der Waals surface area (Å²) < 4.78 is 0. The molecule has 0 bridgehead atoms. The molecule has 0 aliphatic heterocycles. The summed E-state index contributed by atoms with van der Waals surface area (Å²) in [6.45, 7) is 0. The Morgan fingerprint density at radius 2 is 1.68 bits per heavy atom. The molecule has 3 aromatic rings. The molecule has 0 fully saturated rings. The number of nitrogens with zero attached hydrogens (tertiary/aromatic N) is 2. The van der Waals surface area contributed by atoms with E-state index < -0.39 is 0 Å². The number of rotatable bonds is 4. The third-order valence-electron chi connectivity index (χ3n) is 3.26. The highest BCUT2D eigenvalue weighted by molar-refractivity contribution is 7.15. The molecule has 1 heterocycles. The van der Waals surface area contributed by atoms with Crippen LogP contribution in [0.1, 0.15) is 20.9 Å². The van der Waals surface area contributed by atoms with Gasteiger partial charge in [0.2, 0.25) is 5.13 Å². The zero-order valence-corrected chi connectivity index (χ0v) is 16.2. The van der Waals surface area contributed by atoms with Gasteiger partial charge in [-0.3, -0.25) is 10.1 Å². The van der Waals surface area contributed by atoms with Crippen molar-refractivity contribution < 1.29 is 4.79 Å². The quantitative estimate of drug-likeness (QED) is 0.550. The van der Waals surface area contributed by atoms with Crippen LogP contribution in [0.4, 0.5) is 5.13 Å². The number of aromatic nitrogens is 2. The molecule has 128 valence electrons. The van der Waals surface area contributed by atoms with E-state index in [1.807, 2.05) is 0 Å². The molecule has 2 aromatic carbocycles. The van der Waals surface area contributed by atoms with E-state index >= 15 is 0 Å². The van der Waals surface area contributed by atoms with Gasteiger partial charge >= 0.3 is 0 Å². The maximum absolute atomic E-state index is 12.2. The van der Waals surface area contributed by atoms with Crippen LogP contribution in [0.25, 0.3) is 0 Å². The van der Waals surface area contributed by atoms with Crippen LogP contribution in [-0.4, -0.2) is 16.1 Å². The largest absolute Gasteiger partial charge is 0.296 e. The smallest absolute Gasteiger partial charge is 0.257 e. The SMILES string of the molecule is O=C(Nc1nnc(Cc2c(Cl)cccc2Cl)s1)c1ccc(Cl)c(Cl)c1. The van der Waals surface area contributed by atoms with Crippen molar-refractivity contribution in [3.8, 4) is 0 Å². The van der Waals surface area contributed by atoms with Crippen LogP contribution in [0, 0.1) is 0 Å². The van der Waals surface area contributed by atoms with Gasteiger partial charge in [-0.15, -0.1) is 10.2 Å². The summed E-state index contributed by atoms with van der Waals surface area (Å²) in [6.07, 6.45) is 0.429. The van der Waals surface area contributed by atoms with Crippen LogP contribution in [-0.2, 0) is 6.42 Å². The molecular formula is C16H9Cl4N3OS. The van der Waals surface area contributed by atoms with Crippen LogP contribution in [0.15, 0.2) is 36.4 Å². The molecule has 1 N–H and O–H groups in total. The third-order valence-corrected chi connectivity index (χ3v) is 5.54. The Labute approximate surface area is 167 Å². The fourth-order valence-corrected chi connectivity index (χ4v) is 3.61. The standard InChI is InChI=1S/C16H9Cl4N3OS/c17-10-2-1-3-11(18)9(10)7-14-22-23-16(25-14)21-15(24)8-4-5-12(19)13(20)6-8/h1-6H,7H2,(H,21,23,24). The van der Waals surface area contributed by atoms with Crippen molar-refractivity contribution in [2.45, 2.75) is 6.42 Å². The predicted octanol–water partition coefficient (Wildman–Crippen LogP) is 5.99. The van der Waals surface area contributed by atoms with E-state index in [-0.39, 0.29) is 5.91 Å². The minimum Gasteiger partial charge on any atom is -0.296 e. The lowest BCUT2D eigenvalue weighted by Crippen LogP contribution is -2.11. The van der Waals surface area contributed by atoms with E-state index in [2.05, 4.69) is 15.5 Å². The Hall–Kier alpha value is -1.37. The fourth-order valence-electron chi connectivity index (χ4n) is 2.03. The molecular weight excluding hydrogens is 424 g/mol. The zero-order chi connectivity index (χ0) is 18.0. The molecule has 0 spiro atoms. The lowest BCUT2D eigenvalue weighted by molar-refractivity contribution is 0.102. The molecule has 0 aliphatic rings. The maximum atomic E-state index is 12.2. The monoisotopic (exact) mass is 431 g/mol. The predicted molar refractivity (Wildman–Crippen MR) is 104 cm³/mol. The second kappa shape index (κ2) is 7.89. The van der Waals surface area contributed by atoms with Crippen LogP contribution in [0.5, 0.6) is 0 Å². The molecule has 0 saturated heterocycles. The fraction of sp³-hybridized carbons (Fsp3) is 0.0625. The highest BCUT2D eigenvalue weighted by Crippen LogP contribution is 2.29. The first-order valence-electron chi connectivity index (χ1n) is 6.95. The summed E-state index contributed by atoms with van der Waals surface area (Å²) in [4.78, 5) is 12.2. The summed E-state index contributed by atoms with van der Waals surface area (Å²) in [6, 6.07) is 9.92. The van der Waals surface area contributed by atoms with Gasteiger partial charge in [0.1, 0.15) is 5.01 Å². The number of benzene rings is 2. The molecule has 3 rings (SSSR count). The van der Waals surface area contributed by atoms with Crippen molar-refractivity contribution in [2.24, 2.45) is 0 Å². The van der Waals surface area contributed by atoms with Crippen molar-refractivity contribution in [3.63, 3.8) is 0 Å². The Bertz CT molecular complexity index is 925. The van der Waals surface area contributed by atoms with Gasteiger partial charge in [-0.2, -0.15) is 0 Å². The van der Waals surface area contributed by atoms with Gasteiger partial charge in [-0.1, -0.05) is 63.8 Å². The molecule has 0 unspecified atom stereocenters. The molecule has 4 nitrogen and oxygen atoms in total. The summed E-state index contributed by atoms with van der Waals surface area (Å²) in [5, 5.41) is 13.6. The first kappa shape index (κ1) is 18.4. The Kier molecular flexibility index (Phi) is 5.81. The average molecular weight is 433 g/mol. The summed E-state index contributed by atoms with van der Waals surface area (Å²) in [7, 11) is 0. The first-order valence-corrected chi connectivity index (χ1v) is 9.28. The molecule has 9 heteroatoms. The number of carbonyl (C=O) groups excluding carboxylic acids is 1. The van der Waals surface area contributed by atoms with E-state index in [0.717, 1.165) is 5.56 Å². The maximum Gasteiger partial charge on any atom is 0.257 e. The molecule has 0 saturated carbocycles. The van der Waals surface area contributed by atoms with Gasteiger partial charge in [0, 0.05) is 22.0 Å². The normalized spacial score (nSPS) is 10.7. The van der Waals surface area contributed by atoms with Crippen LogP contribution in [0.2, 0.25) is 20.1 Å². The van der Waals surface area contributed by atoms with E-state index in [1.54, 1.807) is 30.3 Å². The van der Waals surface area contributed by atoms with Crippen LogP contribution < -0.4 is 5.32 Å². The van der Waals surface area contributed by atoms with Crippen molar-refractivity contribution in [1.82, 2.24) is 10.2 Å². The number of hydrogen-bond donors (Lipinski definition) is 1. The van der Waals surface area contributed by atoms with Gasteiger partial charge in [-0.05, 0) is 35.9 Å². The number of anilines is 1. The van der Waals surface area contributed by atoms with E-state index in [1.165, 1.54) is 17.4 Å². The average Bonchev–Trinajstić information content (AvgIpc) is 3.01. The summed E-state index contributed by atoms with van der Waals surface area (Å²) >= 11 is 25.3. The lowest BCUT2D eigenvalue weighted by Gasteiger charge is -2.04. The van der Waals surface area contributed by atoms with Gasteiger partial charge in [0.05, 0.1) is 10.0 Å². The van der Waals surface area contributed by atoms with Gasteiger partial charge in [-0.25, -0.2) is 0 Å². The van der Waals surface area contributed by atoms with Crippen molar-refractivity contribution >= 4 is 68.8 Å².